The quantitative estimate of drug-likeness (QED) is 0.178. The van der Waals surface area contributed by atoms with Crippen LogP contribution in [0.25, 0.3) is 6.08 Å². The van der Waals surface area contributed by atoms with Crippen LogP contribution in [0.1, 0.15) is 30.9 Å². The Kier molecular flexibility index (Phi) is 9.97. The van der Waals surface area contributed by atoms with E-state index in [0.29, 0.717) is 37.4 Å². The first-order chi connectivity index (χ1) is 16.7. The summed E-state index contributed by atoms with van der Waals surface area (Å²) in [4.78, 5) is 26.4. The molecular formula is C24H22BrClFNO5S2. The molecule has 0 atom stereocenters. The molecule has 0 aromatic heterocycles. The number of hydrogen-bond donors (Lipinski definition) is 0. The number of thioether (sulfide) groups is 1. The van der Waals surface area contributed by atoms with Crippen LogP contribution in [-0.2, 0) is 20.9 Å². The molecule has 186 valence electrons. The number of halogens is 3. The number of benzene rings is 2. The molecule has 1 amide bonds. The molecule has 1 saturated heterocycles. The average molecular weight is 603 g/mol. The zero-order valence-electron chi connectivity index (χ0n) is 18.9. The number of carbonyl (C=O) groups excluding carboxylic acids is 2. The van der Waals surface area contributed by atoms with E-state index in [0.717, 1.165) is 18.2 Å². The van der Waals surface area contributed by atoms with Gasteiger partial charge in [-0.05, 0) is 58.3 Å². The van der Waals surface area contributed by atoms with Crippen molar-refractivity contribution < 1.29 is 28.2 Å². The lowest BCUT2D eigenvalue weighted by Crippen LogP contribution is -2.30. The lowest BCUT2D eigenvalue weighted by molar-refractivity contribution is -0.143. The Morgan fingerprint density at radius 1 is 1.34 bits per heavy atom. The molecule has 1 aliphatic heterocycles. The Morgan fingerprint density at radius 2 is 2.11 bits per heavy atom. The number of hydrogen-bond acceptors (Lipinski definition) is 7. The fourth-order valence-electron chi connectivity index (χ4n) is 3.11. The lowest BCUT2D eigenvalue weighted by Gasteiger charge is -2.15. The molecular weight excluding hydrogens is 581 g/mol. The molecule has 35 heavy (non-hydrogen) atoms. The van der Waals surface area contributed by atoms with Crippen molar-refractivity contribution in [2.75, 3.05) is 20.3 Å². The van der Waals surface area contributed by atoms with Gasteiger partial charge in [0.05, 0.1) is 34.5 Å². The Balaban J connectivity index is 1.75. The van der Waals surface area contributed by atoms with Gasteiger partial charge in [0.15, 0.2) is 11.5 Å². The van der Waals surface area contributed by atoms with Gasteiger partial charge in [0.25, 0.3) is 5.91 Å². The maximum Gasteiger partial charge on any atom is 0.307 e. The minimum atomic E-state index is -0.468. The molecule has 3 rings (SSSR count). The first-order valence-corrected chi connectivity index (χ1v) is 13.0. The number of amides is 1. The summed E-state index contributed by atoms with van der Waals surface area (Å²) in [7, 11) is 1.48. The van der Waals surface area contributed by atoms with Crippen LogP contribution in [0.5, 0.6) is 11.5 Å². The molecule has 0 bridgehead atoms. The normalized spacial score (nSPS) is 14.5. The third-order valence-corrected chi connectivity index (χ3v) is 7.17. The molecule has 1 aliphatic rings. The summed E-state index contributed by atoms with van der Waals surface area (Å²) >= 11 is 16.0. The zero-order valence-corrected chi connectivity index (χ0v) is 22.9. The predicted octanol–water partition coefficient (Wildman–Crippen LogP) is 6.37. The number of esters is 1. The topological polar surface area (TPSA) is 65.1 Å². The van der Waals surface area contributed by atoms with Crippen molar-refractivity contribution in [3.05, 3.63) is 61.7 Å². The van der Waals surface area contributed by atoms with Crippen molar-refractivity contribution in [3.8, 4) is 11.5 Å². The maximum absolute atomic E-state index is 14.1. The van der Waals surface area contributed by atoms with Gasteiger partial charge in [-0.3, -0.25) is 14.5 Å². The third-order valence-electron chi connectivity index (χ3n) is 4.85. The van der Waals surface area contributed by atoms with Crippen molar-refractivity contribution in [3.63, 3.8) is 0 Å². The summed E-state index contributed by atoms with van der Waals surface area (Å²) in [5, 5.41) is 0.261. The number of thiocarbonyl (C=S) groups is 1. The number of carbonyl (C=O) groups is 2. The van der Waals surface area contributed by atoms with Gasteiger partial charge in [-0.25, -0.2) is 4.39 Å². The van der Waals surface area contributed by atoms with Crippen LogP contribution in [-0.4, -0.2) is 41.4 Å². The van der Waals surface area contributed by atoms with Gasteiger partial charge in [0.2, 0.25) is 0 Å². The summed E-state index contributed by atoms with van der Waals surface area (Å²) in [5.41, 5.74) is 0.891. The van der Waals surface area contributed by atoms with Crippen LogP contribution in [0.3, 0.4) is 0 Å². The molecule has 0 saturated carbocycles. The van der Waals surface area contributed by atoms with Crippen LogP contribution >= 0.6 is 51.5 Å². The number of nitrogens with zero attached hydrogens (tertiary/aromatic N) is 1. The van der Waals surface area contributed by atoms with Crippen molar-refractivity contribution in [2.24, 2.45) is 0 Å². The summed E-state index contributed by atoms with van der Waals surface area (Å²) < 4.78 is 31.3. The SMILES string of the molecule is CCCOC(=O)CCN1C(=O)/C(=C\c2cc(Br)c(OCc3c(F)cccc3Cl)c(OC)c2)SC1=S. The monoisotopic (exact) mass is 601 g/mol. The van der Waals surface area contributed by atoms with Crippen molar-refractivity contribution in [1.82, 2.24) is 4.90 Å². The highest BCUT2D eigenvalue weighted by Crippen LogP contribution is 2.40. The van der Waals surface area contributed by atoms with Crippen molar-refractivity contribution >= 4 is 73.8 Å². The Bertz CT molecular complexity index is 1160. The molecule has 0 N–H and O–H groups in total. The minimum Gasteiger partial charge on any atom is -0.493 e. The highest BCUT2D eigenvalue weighted by molar-refractivity contribution is 9.10. The van der Waals surface area contributed by atoms with Crippen LogP contribution in [0.4, 0.5) is 4.39 Å². The Labute approximate surface area is 225 Å². The predicted molar refractivity (Wildman–Crippen MR) is 142 cm³/mol. The van der Waals surface area contributed by atoms with Gasteiger partial charge >= 0.3 is 5.97 Å². The van der Waals surface area contributed by atoms with E-state index in [-0.39, 0.29) is 42.0 Å². The molecule has 6 nitrogen and oxygen atoms in total. The lowest BCUT2D eigenvalue weighted by atomic mass is 10.1. The zero-order chi connectivity index (χ0) is 25.5. The van der Waals surface area contributed by atoms with Gasteiger partial charge in [-0.15, -0.1) is 0 Å². The fraction of sp³-hybridized carbons (Fsp3) is 0.292. The summed E-state index contributed by atoms with van der Waals surface area (Å²) in [6, 6.07) is 7.85. The molecule has 0 unspecified atom stereocenters. The van der Waals surface area contributed by atoms with Gasteiger partial charge in [-0.2, -0.15) is 0 Å². The largest absolute Gasteiger partial charge is 0.493 e. The summed E-state index contributed by atoms with van der Waals surface area (Å²) in [6.45, 7) is 2.31. The first kappa shape index (κ1) is 27.4. The van der Waals surface area contributed by atoms with E-state index in [9.17, 15) is 14.0 Å². The van der Waals surface area contributed by atoms with Gasteiger partial charge in [-0.1, -0.05) is 48.6 Å². The van der Waals surface area contributed by atoms with E-state index >= 15 is 0 Å². The summed E-state index contributed by atoms with van der Waals surface area (Å²) in [6.07, 6.45) is 2.48. The molecule has 1 heterocycles. The van der Waals surface area contributed by atoms with Crippen LogP contribution in [0.2, 0.25) is 5.02 Å². The van der Waals surface area contributed by atoms with Crippen LogP contribution in [0.15, 0.2) is 39.7 Å². The van der Waals surface area contributed by atoms with Crippen LogP contribution < -0.4 is 9.47 Å². The van der Waals surface area contributed by atoms with Crippen molar-refractivity contribution in [1.29, 1.82) is 0 Å². The van der Waals surface area contributed by atoms with E-state index < -0.39 is 5.82 Å². The molecule has 0 spiro atoms. The van der Waals surface area contributed by atoms with E-state index in [2.05, 4.69) is 15.9 Å². The Morgan fingerprint density at radius 3 is 2.80 bits per heavy atom. The van der Waals surface area contributed by atoms with Gasteiger partial charge < -0.3 is 14.2 Å². The van der Waals surface area contributed by atoms with E-state index in [1.54, 1.807) is 24.3 Å². The molecule has 11 heteroatoms. The first-order valence-electron chi connectivity index (χ1n) is 10.6. The van der Waals surface area contributed by atoms with Gasteiger partial charge in [0, 0.05) is 12.1 Å². The minimum absolute atomic E-state index is 0.0666. The van der Waals surface area contributed by atoms with E-state index in [1.807, 2.05) is 6.92 Å². The highest BCUT2D eigenvalue weighted by atomic mass is 79.9. The second-order valence-electron chi connectivity index (χ2n) is 7.33. The molecule has 2 aromatic carbocycles. The molecule has 1 fully saturated rings. The number of ether oxygens (including phenoxy) is 3. The standard InChI is InChI=1S/C24H22BrClFNO5S2/c1-3-9-32-21(29)7-8-28-23(30)20(35-24(28)34)12-14-10-16(25)22(19(11-14)31-2)33-13-15-17(26)5-4-6-18(15)27/h4-6,10-12H,3,7-9,13H2,1-2H3/b20-12+. The number of rotatable bonds is 10. The molecule has 0 aliphatic carbocycles. The van der Waals surface area contributed by atoms with Gasteiger partial charge in [0.1, 0.15) is 16.7 Å². The van der Waals surface area contributed by atoms with Crippen LogP contribution in [0, 0.1) is 5.82 Å². The van der Waals surface area contributed by atoms with Crippen molar-refractivity contribution in [2.45, 2.75) is 26.4 Å². The smallest absolute Gasteiger partial charge is 0.307 e. The third kappa shape index (κ3) is 6.97. The highest BCUT2D eigenvalue weighted by Gasteiger charge is 2.32. The second kappa shape index (κ2) is 12.7. The maximum atomic E-state index is 14.1. The Hall–Kier alpha value is -2.14. The summed E-state index contributed by atoms with van der Waals surface area (Å²) in [5.74, 6) is -0.377. The molecule has 2 aromatic rings. The fourth-order valence-corrected chi connectivity index (χ4v) is 5.21. The van der Waals surface area contributed by atoms with E-state index in [4.69, 9.17) is 38.0 Å². The average Bonchev–Trinajstić information content (AvgIpc) is 3.08. The second-order valence-corrected chi connectivity index (χ2v) is 10.3. The molecule has 0 radical (unpaired) electrons. The van der Waals surface area contributed by atoms with E-state index in [1.165, 1.54) is 24.1 Å². The number of methoxy groups -OCH3 is 1.